The van der Waals surface area contributed by atoms with Gasteiger partial charge in [-0.1, -0.05) is 53.3 Å². The van der Waals surface area contributed by atoms with Gasteiger partial charge in [0, 0.05) is 16.6 Å². The Bertz CT molecular complexity index is 1070. The first-order chi connectivity index (χ1) is 13.8. The van der Waals surface area contributed by atoms with Crippen LogP contribution in [0, 0.1) is 0 Å². The summed E-state index contributed by atoms with van der Waals surface area (Å²) in [7, 11) is -3.82. The van der Waals surface area contributed by atoms with Crippen LogP contribution in [0.5, 0.6) is 0 Å². The summed E-state index contributed by atoms with van der Waals surface area (Å²) in [5.41, 5.74) is 1.52. The second-order valence-corrected chi connectivity index (χ2v) is 9.68. The molecule has 0 aliphatic heterocycles. The molecule has 0 aliphatic carbocycles. The molecule has 1 amide bonds. The first-order valence-corrected chi connectivity index (χ1v) is 11.5. The molecule has 1 atom stereocenters. The minimum atomic E-state index is -3.82. The number of anilines is 1. The summed E-state index contributed by atoms with van der Waals surface area (Å²) in [5.74, 6) is -0.425. The summed E-state index contributed by atoms with van der Waals surface area (Å²) in [6, 6.07) is 15.9. The van der Waals surface area contributed by atoms with Crippen LogP contribution in [-0.4, -0.2) is 30.6 Å². The van der Waals surface area contributed by atoms with Crippen LogP contribution in [0.4, 0.5) is 5.13 Å². The second kappa shape index (κ2) is 9.45. The lowest BCUT2D eigenvalue weighted by Gasteiger charge is -2.12. The fraction of sp³-hybridized carbons (Fsp3) is 0.211. The summed E-state index contributed by atoms with van der Waals surface area (Å²) in [4.78, 5) is 12.2. The van der Waals surface area contributed by atoms with Crippen LogP contribution in [0.2, 0.25) is 5.02 Å². The van der Waals surface area contributed by atoms with Crippen molar-refractivity contribution in [1.82, 2.24) is 14.9 Å². The maximum absolute atomic E-state index is 12.5. The fourth-order valence-electron chi connectivity index (χ4n) is 2.54. The molecule has 152 valence electrons. The van der Waals surface area contributed by atoms with E-state index in [-0.39, 0.29) is 15.5 Å². The highest BCUT2D eigenvalue weighted by Crippen LogP contribution is 2.21. The van der Waals surface area contributed by atoms with Gasteiger partial charge in [-0.15, -0.1) is 10.2 Å². The summed E-state index contributed by atoms with van der Waals surface area (Å²) >= 11 is 6.59. The van der Waals surface area contributed by atoms with Crippen molar-refractivity contribution in [3.63, 3.8) is 0 Å². The number of aryl methyl sites for hydroxylation is 1. The van der Waals surface area contributed by atoms with Crippen molar-refractivity contribution in [1.29, 1.82) is 0 Å². The van der Waals surface area contributed by atoms with Crippen LogP contribution in [0.25, 0.3) is 0 Å². The first-order valence-electron chi connectivity index (χ1n) is 8.80. The number of rotatable bonds is 8. The highest BCUT2D eigenvalue weighted by Gasteiger charge is 2.23. The van der Waals surface area contributed by atoms with E-state index in [4.69, 9.17) is 11.6 Å². The van der Waals surface area contributed by atoms with Gasteiger partial charge < -0.3 is 0 Å². The summed E-state index contributed by atoms with van der Waals surface area (Å²) in [5, 5.41) is 10.6. The van der Waals surface area contributed by atoms with E-state index >= 15 is 0 Å². The molecule has 2 N–H and O–H groups in total. The molecule has 1 heterocycles. The highest BCUT2D eigenvalue weighted by molar-refractivity contribution is 7.91. The van der Waals surface area contributed by atoms with E-state index in [9.17, 15) is 13.2 Å². The first kappa shape index (κ1) is 21.4. The molecule has 3 aromatic rings. The van der Waals surface area contributed by atoms with Crippen LogP contribution in [0.3, 0.4) is 0 Å². The maximum Gasteiger partial charge on any atom is 0.270 e. The number of carbonyl (C=O) groups excluding carboxylic acids is 1. The standard InChI is InChI=1S/C19H19ClN4O3S2/c1-13(7-8-14-5-3-2-4-6-14)24-29(26,27)19-23-22-18(28-19)21-17(25)15-9-11-16(20)12-10-15/h2-6,9-13,24H,7-8H2,1H3,(H,21,22,25)/t13-/m1/s1. The largest absolute Gasteiger partial charge is 0.296 e. The lowest BCUT2D eigenvalue weighted by Crippen LogP contribution is -2.32. The predicted octanol–water partition coefficient (Wildman–Crippen LogP) is 3.74. The number of benzene rings is 2. The van der Waals surface area contributed by atoms with Gasteiger partial charge in [-0.05, 0) is 49.6 Å². The molecule has 0 aliphatic rings. The number of nitrogens with zero attached hydrogens (tertiary/aromatic N) is 2. The van der Waals surface area contributed by atoms with E-state index in [2.05, 4.69) is 20.2 Å². The van der Waals surface area contributed by atoms with Crippen molar-refractivity contribution in [3.8, 4) is 0 Å². The second-order valence-electron chi connectivity index (χ2n) is 6.38. The Kier molecular flexibility index (Phi) is 6.96. The van der Waals surface area contributed by atoms with Gasteiger partial charge in [-0.25, -0.2) is 13.1 Å². The number of amides is 1. The Hall–Kier alpha value is -2.33. The number of carbonyl (C=O) groups is 1. The lowest BCUT2D eigenvalue weighted by molar-refractivity contribution is 0.102. The van der Waals surface area contributed by atoms with Crippen molar-refractivity contribution >= 4 is 44.0 Å². The van der Waals surface area contributed by atoms with E-state index in [0.29, 0.717) is 17.0 Å². The number of hydrogen-bond donors (Lipinski definition) is 2. The van der Waals surface area contributed by atoms with Crippen molar-refractivity contribution in [3.05, 3.63) is 70.7 Å². The minimum Gasteiger partial charge on any atom is -0.296 e. The molecular formula is C19H19ClN4O3S2. The van der Waals surface area contributed by atoms with Gasteiger partial charge in [0.2, 0.25) is 9.47 Å². The molecule has 3 rings (SSSR count). The number of aromatic nitrogens is 2. The quantitative estimate of drug-likeness (QED) is 0.509. The van der Waals surface area contributed by atoms with Gasteiger partial charge in [0.25, 0.3) is 15.9 Å². The van der Waals surface area contributed by atoms with Crippen LogP contribution in [-0.2, 0) is 16.4 Å². The molecule has 0 saturated heterocycles. The van der Waals surface area contributed by atoms with Gasteiger partial charge in [0.1, 0.15) is 0 Å². The Morgan fingerprint density at radius 2 is 1.79 bits per heavy atom. The molecule has 10 heteroatoms. The molecule has 29 heavy (non-hydrogen) atoms. The monoisotopic (exact) mass is 450 g/mol. The third-order valence-corrected chi connectivity index (χ3v) is 7.08. The maximum atomic E-state index is 12.5. The van der Waals surface area contributed by atoms with E-state index in [0.717, 1.165) is 23.3 Å². The van der Waals surface area contributed by atoms with E-state index < -0.39 is 15.9 Å². The van der Waals surface area contributed by atoms with Crippen LogP contribution in [0.1, 0.15) is 29.3 Å². The van der Waals surface area contributed by atoms with Crippen molar-refractivity contribution in [2.24, 2.45) is 0 Å². The molecule has 0 fully saturated rings. The summed E-state index contributed by atoms with van der Waals surface area (Å²) in [6.45, 7) is 1.80. The van der Waals surface area contributed by atoms with E-state index in [1.54, 1.807) is 31.2 Å². The van der Waals surface area contributed by atoms with E-state index in [1.807, 2.05) is 30.3 Å². The predicted molar refractivity (Wildman–Crippen MR) is 114 cm³/mol. The van der Waals surface area contributed by atoms with Gasteiger partial charge in [-0.3, -0.25) is 10.1 Å². The highest BCUT2D eigenvalue weighted by atomic mass is 35.5. The van der Waals surface area contributed by atoms with Gasteiger partial charge >= 0.3 is 0 Å². The van der Waals surface area contributed by atoms with Gasteiger partial charge in [0.15, 0.2) is 0 Å². The van der Waals surface area contributed by atoms with Crippen molar-refractivity contribution in [2.45, 2.75) is 30.1 Å². The normalized spacial score (nSPS) is 12.5. The third kappa shape index (κ3) is 6.07. The lowest BCUT2D eigenvalue weighted by atomic mass is 10.1. The Labute approximate surface area is 178 Å². The average Bonchev–Trinajstić information content (AvgIpc) is 3.17. The molecule has 7 nitrogen and oxygen atoms in total. The molecule has 0 saturated carbocycles. The molecule has 0 spiro atoms. The molecule has 1 aromatic heterocycles. The molecular weight excluding hydrogens is 432 g/mol. The van der Waals surface area contributed by atoms with E-state index in [1.165, 1.54) is 0 Å². The molecule has 0 unspecified atom stereocenters. The zero-order valence-electron chi connectivity index (χ0n) is 15.5. The zero-order valence-corrected chi connectivity index (χ0v) is 17.9. The fourth-order valence-corrected chi connectivity index (χ4v) is 4.86. The number of halogens is 1. The number of hydrogen-bond acceptors (Lipinski definition) is 6. The summed E-state index contributed by atoms with van der Waals surface area (Å²) in [6.07, 6.45) is 1.39. The smallest absolute Gasteiger partial charge is 0.270 e. The summed E-state index contributed by atoms with van der Waals surface area (Å²) < 4.78 is 27.5. The molecule has 0 radical (unpaired) electrons. The molecule has 2 aromatic carbocycles. The topological polar surface area (TPSA) is 101 Å². The van der Waals surface area contributed by atoms with Crippen LogP contribution in [0.15, 0.2) is 58.9 Å². The Balaban J connectivity index is 1.59. The van der Waals surface area contributed by atoms with Gasteiger partial charge in [0.05, 0.1) is 0 Å². The van der Waals surface area contributed by atoms with Crippen LogP contribution < -0.4 is 10.0 Å². The Morgan fingerprint density at radius 3 is 2.48 bits per heavy atom. The average molecular weight is 451 g/mol. The SMILES string of the molecule is C[C@H](CCc1ccccc1)NS(=O)(=O)c1nnc(NC(=O)c2ccc(Cl)cc2)s1. The number of sulfonamides is 1. The zero-order chi connectivity index (χ0) is 20.9. The molecule has 0 bridgehead atoms. The number of nitrogens with one attached hydrogen (secondary N) is 2. The Morgan fingerprint density at radius 1 is 1.10 bits per heavy atom. The third-order valence-electron chi connectivity index (χ3n) is 4.03. The minimum absolute atomic E-state index is 0.0993. The van der Waals surface area contributed by atoms with Crippen molar-refractivity contribution in [2.75, 3.05) is 5.32 Å². The van der Waals surface area contributed by atoms with Gasteiger partial charge in [-0.2, -0.15) is 0 Å². The van der Waals surface area contributed by atoms with Crippen molar-refractivity contribution < 1.29 is 13.2 Å². The van der Waals surface area contributed by atoms with Crippen LogP contribution >= 0.6 is 22.9 Å².